The Morgan fingerprint density at radius 1 is 1.20 bits per heavy atom. The van der Waals surface area contributed by atoms with Crippen LogP contribution < -0.4 is 4.99 Å². The maximum absolute atomic E-state index is 3.82. The highest BCUT2D eigenvalue weighted by Gasteiger charge is 2.05. The minimum Gasteiger partial charge on any atom is -0.251 e. The second-order valence-corrected chi connectivity index (χ2v) is 4.84. The van der Waals surface area contributed by atoms with Gasteiger partial charge in [-0.15, -0.1) is 0 Å². The van der Waals surface area contributed by atoms with Gasteiger partial charge in [-0.2, -0.15) is 0 Å². The summed E-state index contributed by atoms with van der Waals surface area (Å²) in [6.45, 7) is 8.32. The lowest BCUT2D eigenvalue weighted by Gasteiger charge is -2.12. The zero-order valence-corrected chi connectivity index (χ0v) is 12.9. The summed E-state index contributed by atoms with van der Waals surface area (Å²) in [5, 5.41) is 0. The average molecular weight is 268 g/mol. The van der Waals surface area contributed by atoms with Gasteiger partial charge in [-0.05, 0) is 35.5 Å². The molecule has 0 saturated carbocycles. The molecule has 1 nitrogen and oxygen atoms in total. The number of hydrogen-bond donors (Lipinski definition) is 1. The first-order valence-electron chi connectivity index (χ1n) is 7.36. The van der Waals surface area contributed by atoms with Gasteiger partial charge in [0.2, 0.25) is 0 Å². The summed E-state index contributed by atoms with van der Waals surface area (Å²) in [4.78, 5) is 2.98. The predicted octanol–water partition coefficient (Wildman–Crippen LogP) is 3.50. The van der Waals surface area contributed by atoms with Crippen molar-refractivity contribution in [2.24, 2.45) is 0 Å². The monoisotopic (exact) mass is 268 g/mol. The second-order valence-electron chi connectivity index (χ2n) is 4.84. The van der Waals surface area contributed by atoms with Gasteiger partial charge in [-0.3, -0.25) is 4.99 Å². The van der Waals surface area contributed by atoms with E-state index in [2.05, 4.69) is 61.8 Å². The van der Waals surface area contributed by atoms with Crippen LogP contribution in [0.25, 0.3) is 6.08 Å². The van der Waals surface area contributed by atoms with E-state index in [1.807, 2.05) is 25.4 Å². The van der Waals surface area contributed by atoms with Crippen molar-refractivity contribution in [2.75, 3.05) is 7.05 Å². The van der Waals surface area contributed by atoms with E-state index in [1.165, 1.54) is 24.0 Å². The maximum atomic E-state index is 3.82. The van der Waals surface area contributed by atoms with Crippen LogP contribution in [0.4, 0.5) is 0 Å². The maximum Gasteiger partial charge on any atom is 0.162 e. The van der Waals surface area contributed by atoms with E-state index in [1.54, 1.807) is 0 Å². The fourth-order valence-corrected chi connectivity index (χ4v) is 2.20. The van der Waals surface area contributed by atoms with Gasteiger partial charge in [-0.1, -0.05) is 62.9 Å². The molecule has 20 heavy (non-hydrogen) atoms. The minimum atomic E-state index is 0.682. The molecule has 0 unspecified atom stereocenters. The SMILES string of the molecule is C=CC(/C=C/c1ccc(C(CC)CC)cc1)=C\C=[NH+]C. The molecule has 0 amide bonds. The van der Waals surface area contributed by atoms with Crippen LogP contribution in [0, 0.1) is 0 Å². The topological polar surface area (TPSA) is 14.0 Å². The van der Waals surface area contributed by atoms with Gasteiger partial charge in [0.15, 0.2) is 6.21 Å². The van der Waals surface area contributed by atoms with Crippen LogP contribution in [0.1, 0.15) is 43.7 Å². The second kappa shape index (κ2) is 9.08. The molecule has 1 N–H and O–H groups in total. The summed E-state index contributed by atoms with van der Waals surface area (Å²) in [6, 6.07) is 8.86. The summed E-state index contributed by atoms with van der Waals surface area (Å²) in [7, 11) is 1.89. The third-order valence-corrected chi connectivity index (χ3v) is 3.54. The minimum absolute atomic E-state index is 0.682. The Labute approximate surface area is 123 Å². The fraction of sp³-hybridized carbons (Fsp3) is 0.316. The standard InChI is InChI=1S/C19H25N/c1-5-16(14-15-20-4)8-9-17-10-12-19(13-11-17)18(6-2)7-3/h5,8-15,18H,1,6-7H2,2-4H3/p+1/b9-8+,16-14+,20-15?. The van der Waals surface area contributed by atoms with Crippen LogP contribution in [0.5, 0.6) is 0 Å². The summed E-state index contributed by atoms with van der Waals surface area (Å²) >= 11 is 0. The highest BCUT2D eigenvalue weighted by atomic mass is 14.6. The van der Waals surface area contributed by atoms with E-state index in [-0.39, 0.29) is 0 Å². The van der Waals surface area contributed by atoms with Crippen LogP contribution in [-0.2, 0) is 0 Å². The Balaban J connectivity index is 2.81. The highest BCUT2D eigenvalue weighted by Crippen LogP contribution is 2.23. The normalized spacial score (nSPS) is 12.7. The van der Waals surface area contributed by atoms with Crippen molar-refractivity contribution in [1.82, 2.24) is 0 Å². The van der Waals surface area contributed by atoms with Crippen LogP contribution in [0.3, 0.4) is 0 Å². The summed E-state index contributed by atoms with van der Waals surface area (Å²) in [5.41, 5.74) is 3.75. The molecule has 1 aromatic carbocycles. The first kappa shape index (κ1) is 16.2. The average Bonchev–Trinajstić information content (AvgIpc) is 2.50. The fourth-order valence-electron chi connectivity index (χ4n) is 2.20. The molecule has 0 aliphatic carbocycles. The van der Waals surface area contributed by atoms with Crippen molar-refractivity contribution < 1.29 is 4.99 Å². The molecule has 0 heterocycles. The molecule has 0 fully saturated rings. The number of allylic oxidation sites excluding steroid dienone is 4. The van der Waals surface area contributed by atoms with E-state index in [0.717, 1.165) is 5.57 Å². The molecule has 0 aliphatic rings. The molecule has 106 valence electrons. The van der Waals surface area contributed by atoms with Crippen molar-refractivity contribution in [3.8, 4) is 0 Å². The zero-order chi connectivity index (χ0) is 14.8. The van der Waals surface area contributed by atoms with E-state index < -0.39 is 0 Å². The quantitative estimate of drug-likeness (QED) is 0.575. The van der Waals surface area contributed by atoms with Gasteiger partial charge in [0, 0.05) is 6.08 Å². The molecule has 1 heteroatoms. The summed E-state index contributed by atoms with van der Waals surface area (Å²) in [5.74, 6) is 0.682. The van der Waals surface area contributed by atoms with E-state index in [0.29, 0.717) is 5.92 Å². The van der Waals surface area contributed by atoms with Crippen LogP contribution in [-0.4, -0.2) is 13.3 Å². The molecular weight excluding hydrogens is 242 g/mol. The molecular formula is C19H26N+. The predicted molar refractivity (Wildman–Crippen MR) is 90.0 cm³/mol. The van der Waals surface area contributed by atoms with Gasteiger partial charge < -0.3 is 0 Å². The lowest BCUT2D eigenvalue weighted by Crippen LogP contribution is -2.62. The zero-order valence-electron chi connectivity index (χ0n) is 12.9. The van der Waals surface area contributed by atoms with Crippen molar-refractivity contribution in [1.29, 1.82) is 0 Å². The molecule has 0 aromatic heterocycles. The van der Waals surface area contributed by atoms with E-state index >= 15 is 0 Å². The molecule has 0 bridgehead atoms. The van der Waals surface area contributed by atoms with Crippen molar-refractivity contribution >= 4 is 12.3 Å². The molecule has 0 radical (unpaired) electrons. The van der Waals surface area contributed by atoms with Crippen molar-refractivity contribution in [3.63, 3.8) is 0 Å². The summed E-state index contributed by atoms with van der Waals surface area (Å²) < 4.78 is 0. The Morgan fingerprint density at radius 3 is 2.35 bits per heavy atom. The highest BCUT2D eigenvalue weighted by molar-refractivity contribution is 5.70. The van der Waals surface area contributed by atoms with Gasteiger partial charge in [0.1, 0.15) is 7.05 Å². The van der Waals surface area contributed by atoms with Gasteiger partial charge in [0.25, 0.3) is 0 Å². The third kappa shape index (κ3) is 5.00. The van der Waals surface area contributed by atoms with Crippen molar-refractivity contribution in [2.45, 2.75) is 32.6 Å². The van der Waals surface area contributed by atoms with Crippen LogP contribution in [0.15, 0.2) is 54.6 Å². The molecule has 0 saturated heterocycles. The third-order valence-electron chi connectivity index (χ3n) is 3.54. The molecule has 1 aromatic rings. The number of benzene rings is 1. The Kier molecular flexibility index (Phi) is 7.34. The van der Waals surface area contributed by atoms with Crippen LogP contribution in [0.2, 0.25) is 0 Å². The number of nitrogens with one attached hydrogen (secondary N) is 1. The Bertz CT molecular complexity index is 485. The number of rotatable bonds is 7. The Hall–Kier alpha value is -1.89. The van der Waals surface area contributed by atoms with Gasteiger partial charge in [0.05, 0.1) is 0 Å². The molecule has 1 rings (SSSR count). The molecule has 0 spiro atoms. The first-order chi connectivity index (χ1) is 9.74. The lowest BCUT2D eigenvalue weighted by molar-refractivity contribution is -0.413. The van der Waals surface area contributed by atoms with Crippen LogP contribution >= 0.6 is 0 Å². The lowest BCUT2D eigenvalue weighted by atomic mass is 9.93. The smallest absolute Gasteiger partial charge is 0.162 e. The van der Waals surface area contributed by atoms with Gasteiger partial charge in [-0.25, -0.2) is 0 Å². The van der Waals surface area contributed by atoms with Crippen molar-refractivity contribution in [3.05, 3.63) is 65.8 Å². The summed E-state index contributed by atoms with van der Waals surface area (Å²) in [6.07, 6.45) is 12.4. The molecule has 0 aliphatic heterocycles. The van der Waals surface area contributed by atoms with E-state index in [9.17, 15) is 0 Å². The first-order valence-corrected chi connectivity index (χ1v) is 7.36. The van der Waals surface area contributed by atoms with Gasteiger partial charge >= 0.3 is 0 Å². The van der Waals surface area contributed by atoms with E-state index in [4.69, 9.17) is 0 Å². The Morgan fingerprint density at radius 2 is 1.85 bits per heavy atom. The largest absolute Gasteiger partial charge is 0.251 e. The number of hydrogen-bond acceptors (Lipinski definition) is 0. The molecule has 0 atom stereocenters.